The van der Waals surface area contributed by atoms with Gasteiger partial charge in [0.2, 0.25) is 0 Å². The molecular weight excluding hydrogens is 214 g/mol. The molecule has 0 spiro atoms. The van der Waals surface area contributed by atoms with Gasteiger partial charge in [0.15, 0.2) is 11.6 Å². The lowest BCUT2D eigenvalue weighted by atomic mass is 9.79. The quantitative estimate of drug-likeness (QED) is 0.691. The Morgan fingerprint density at radius 3 is 2.18 bits per heavy atom. The number of benzene rings is 1. The van der Waals surface area contributed by atoms with E-state index in [1.807, 2.05) is 0 Å². The Labute approximate surface area is 99.6 Å². The van der Waals surface area contributed by atoms with E-state index >= 15 is 0 Å². The summed E-state index contributed by atoms with van der Waals surface area (Å²) in [7, 11) is 0. The highest BCUT2D eigenvalue weighted by atomic mass is 16.2. The average Bonchev–Trinajstić information content (AvgIpc) is 2.95. The SMILES string of the molecule is CC1(C2=NCCC2)C(=O)c2ccccc2C1=O. The van der Waals surface area contributed by atoms with Crippen LogP contribution in [0.4, 0.5) is 0 Å². The molecule has 17 heavy (non-hydrogen) atoms. The van der Waals surface area contributed by atoms with Crippen LogP contribution in [0.25, 0.3) is 0 Å². The van der Waals surface area contributed by atoms with E-state index in [9.17, 15) is 9.59 Å². The number of carbonyl (C=O) groups is 2. The van der Waals surface area contributed by atoms with Crippen molar-refractivity contribution in [3.8, 4) is 0 Å². The summed E-state index contributed by atoms with van der Waals surface area (Å²) < 4.78 is 0. The molecule has 3 nitrogen and oxygen atoms in total. The number of carbonyl (C=O) groups excluding carboxylic acids is 2. The molecule has 0 radical (unpaired) electrons. The minimum Gasteiger partial charge on any atom is -0.293 e. The van der Waals surface area contributed by atoms with E-state index in [1.54, 1.807) is 31.2 Å². The van der Waals surface area contributed by atoms with Crippen LogP contribution in [-0.2, 0) is 0 Å². The molecule has 0 atom stereocenters. The Kier molecular flexibility index (Phi) is 2.05. The van der Waals surface area contributed by atoms with Gasteiger partial charge >= 0.3 is 0 Å². The second-order valence-corrected chi connectivity index (χ2v) is 4.76. The first-order valence-corrected chi connectivity index (χ1v) is 5.88. The van der Waals surface area contributed by atoms with Crippen molar-refractivity contribution in [2.24, 2.45) is 10.4 Å². The fourth-order valence-corrected chi connectivity index (χ4v) is 2.73. The molecular formula is C14H13NO2. The van der Waals surface area contributed by atoms with Crippen molar-refractivity contribution in [3.05, 3.63) is 35.4 Å². The molecule has 1 heterocycles. The number of nitrogens with zero attached hydrogens (tertiary/aromatic N) is 1. The largest absolute Gasteiger partial charge is 0.293 e. The van der Waals surface area contributed by atoms with E-state index < -0.39 is 5.41 Å². The van der Waals surface area contributed by atoms with Gasteiger partial charge in [-0.25, -0.2) is 0 Å². The maximum absolute atomic E-state index is 12.4. The van der Waals surface area contributed by atoms with Gasteiger partial charge in [0.25, 0.3) is 0 Å². The summed E-state index contributed by atoms with van der Waals surface area (Å²) in [5.41, 5.74) is 0.841. The molecule has 0 amide bonds. The fraction of sp³-hybridized carbons (Fsp3) is 0.357. The van der Waals surface area contributed by atoms with Crippen LogP contribution in [0, 0.1) is 5.41 Å². The topological polar surface area (TPSA) is 46.5 Å². The van der Waals surface area contributed by atoms with Crippen molar-refractivity contribution >= 4 is 17.3 Å². The highest BCUT2D eigenvalue weighted by Gasteiger charge is 2.52. The third kappa shape index (κ3) is 1.19. The van der Waals surface area contributed by atoms with Gasteiger partial charge in [-0.2, -0.15) is 0 Å². The van der Waals surface area contributed by atoms with E-state index in [4.69, 9.17) is 0 Å². The van der Waals surface area contributed by atoms with Crippen LogP contribution in [0.15, 0.2) is 29.3 Å². The Hall–Kier alpha value is -1.77. The smallest absolute Gasteiger partial charge is 0.182 e. The van der Waals surface area contributed by atoms with Gasteiger partial charge in [-0.15, -0.1) is 0 Å². The van der Waals surface area contributed by atoms with Crippen LogP contribution < -0.4 is 0 Å². The maximum Gasteiger partial charge on any atom is 0.182 e. The van der Waals surface area contributed by atoms with E-state index in [0.29, 0.717) is 11.1 Å². The molecule has 1 aliphatic heterocycles. The molecule has 0 N–H and O–H groups in total. The zero-order chi connectivity index (χ0) is 12.0. The van der Waals surface area contributed by atoms with Gasteiger partial charge in [0.1, 0.15) is 5.41 Å². The first kappa shape index (κ1) is 10.4. The van der Waals surface area contributed by atoms with Crippen LogP contribution in [-0.4, -0.2) is 23.8 Å². The van der Waals surface area contributed by atoms with E-state index in [1.165, 1.54) is 0 Å². The Morgan fingerprint density at radius 2 is 1.71 bits per heavy atom. The van der Waals surface area contributed by atoms with Gasteiger partial charge in [0.05, 0.1) is 0 Å². The van der Waals surface area contributed by atoms with Crippen molar-refractivity contribution in [2.45, 2.75) is 19.8 Å². The molecule has 0 bridgehead atoms. The zero-order valence-corrected chi connectivity index (χ0v) is 9.69. The molecule has 3 rings (SSSR count). The van der Waals surface area contributed by atoms with Gasteiger partial charge in [-0.1, -0.05) is 24.3 Å². The highest BCUT2D eigenvalue weighted by Crippen LogP contribution is 2.39. The monoisotopic (exact) mass is 227 g/mol. The van der Waals surface area contributed by atoms with Crippen LogP contribution >= 0.6 is 0 Å². The summed E-state index contributed by atoms with van der Waals surface area (Å²) in [6, 6.07) is 7.06. The number of Topliss-reactive ketones (excluding diaryl/α,β-unsaturated/α-hetero) is 2. The number of ketones is 2. The molecule has 3 heteroatoms. The highest BCUT2D eigenvalue weighted by molar-refractivity contribution is 6.40. The molecule has 0 fully saturated rings. The van der Waals surface area contributed by atoms with Gasteiger partial charge < -0.3 is 0 Å². The molecule has 0 aromatic heterocycles. The zero-order valence-electron chi connectivity index (χ0n) is 9.69. The molecule has 2 aliphatic rings. The van der Waals surface area contributed by atoms with Crippen LogP contribution in [0.5, 0.6) is 0 Å². The second kappa shape index (κ2) is 3.36. The molecule has 0 saturated heterocycles. The molecule has 1 aliphatic carbocycles. The molecule has 0 saturated carbocycles. The number of fused-ring (bicyclic) bond motifs is 1. The third-order valence-corrected chi connectivity index (χ3v) is 3.78. The summed E-state index contributed by atoms with van der Waals surface area (Å²) in [5, 5.41) is 0. The van der Waals surface area contributed by atoms with E-state index in [-0.39, 0.29) is 11.6 Å². The van der Waals surface area contributed by atoms with E-state index in [2.05, 4.69) is 4.99 Å². The minimum atomic E-state index is -1.03. The van der Waals surface area contributed by atoms with Crippen molar-refractivity contribution in [1.82, 2.24) is 0 Å². The summed E-state index contributed by atoms with van der Waals surface area (Å²) in [5.74, 6) is -0.169. The predicted octanol–water partition coefficient (Wildman–Crippen LogP) is 2.31. The van der Waals surface area contributed by atoms with Crippen LogP contribution in [0.2, 0.25) is 0 Å². The molecule has 1 aromatic carbocycles. The average molecular weight is 227 g/mol. The van der Waals surface area contributed by atoms with Gasteiger partial charge in [-0.3, -0.25) is 14.6 Å². The summed E-state index contributed by atoms with van der Waals surface area (Å²) in [6.07, 6.45) is 1.71. The number of hydrogen-bond donors (Lipinski definition) is 0. The van der Waals surface area contributed by atoms with Gasteiger partial charge in [-0.05, 0) is 19.8 Å². The first-order valence-electron chi connectivity index (χ1n) is 5.88. The molecule has 86 valence electrons. The Bertz CT molecular complexity index is 522. The minimum absolute atomic E-state index is 0.0845. The standard InChI is InChI=1S/C14H13NO2/c1-14(11-7-4-8-15-11)12(16)9-5-2-3-6-10(9)13(14)17/h2-3,5-6H,4,7-8H2,1H3. The van der Waals surface area contributed by atoms with Crippen molar-refractivity contribution in [2.75, 3.05) is 6.54 Å². The van der Waals surface area contributed by atoms with Crippen LogP contribution in [0.3, 0.4) is 0 Å². The van der Waals surface area contributed by atoms with Crippen LogP contribution in [0.1, 0.15) is 40.5 Å². The fourth-order valence-electron chi connectivity index (χ4n) is 2.73. The van der Waals surface area contributed by atoms with Crippen molar-refractivity contribution in [1.29, 1.82) is 0 Å². The second-order valence-electron chi connectivity index (χ2n) is 4.76. The number of hydrogen-bond acceptors (Lipinski definition) is 3. The molecule has 1 aromatic rings. The van der Waals surface area contributed by atoms with Crippen molar-refractivity contribution in [3.63, 3.8) is 0 Å². The number of rotatable bonds is 1. The third-order valence-electron chi connectivity index (χ3n) is 3.78. The summed E-state index contributed by atoms with van der Waals surface area (Å²) in [6.45, 7) is 2.46. The lowest BCUT2D eigenvalue weighted by molar-refractivity contribution is 0.0799. The maximum atomic E-state index is 12.4. The number of aliphatic imine (C=N–C) groups is 1. The van der Waals surface area contributed by atoms with Crippen molar-refractivity contribution < 1.29 is 9.59 Å². The summed E-state index contributed by atoms with van der Waals surface area (Å²) >= 11 is 0. The van der Waals surface area contributed by atoms with Gasteiger partial charge in [0, 0.05) is 23.4 Å². The lowest BCUT2D eigenvalue weighted by Gasteiger charge is -2.20. The predicted molar refractivity (Wildman–Crippen MR) is 64.7 cm³/mol. The van der Waals surface area contributed by atoms with E-state index in [0.717, 1.165) is 25.1 Å². The lowest BCUT2D eigenvalue weighted by Crippen LogP contribution is -2.37. The normalized spacial score (nSPS) is 21.6. The summed E-state index contributed by atoms with van der Waals surface area (Å²) in [4.78, 5) is 29.2. The molecule has 0 unspecified atom stereocenters. The Balaban J connectivity index is 2.17. The Morgan fingerprint density at radius 1 is 1.12 bits per heavy atom. The first-order chi connectivity index (χ1) is 8.15.